The van der Waals surface area contributed by atoms with Crippen LogP contribution in [0.2, 0.25) is 10.2 Å². The number of carbonyl (C=O) groups is 2. The highest BCUT2D eigenvalue weighted by molar-refractivity contribution is 6.34. The number of anilines is 1. The molecule has 0 radical (unpaired) electrons. The summed E-state index contributed by atoms with van der Waals surface area (Å²) in [5.41, 5.74) is 0.0602. The van der Waals surface area contributed by atoms with Crippen molar-refractivity contribution in [1.82, 2.24) is 25.8 Å². The third-order valence-corrected chi connectivity index (χ3v) is 11.8. The number of hydrogen-bond donors (Lipinski definition) is 3. The predicted molar refractivity (Wildman–Crippen MR) is 174 cm³/mol. The number of nitrogens with one attached hydrogen (secondary N) is 3. The van der Waals surface area contributed by atoms with Crippen molar-refractivity contribution in [3.8, 4) is 0 Å². The summed E-state index contributed by atoms with van der Waals surface area (Å²) >= 11 is 12.9. The van der Waals surface area contributed by atoms with Crippen LogP contribution >= 0.6 is 23.2 Å². The van der Waals surface area contributed by atoms with E-state index in [-0.39, 0.29) is 51.5 Å². The van der Waals surface area contributed by atoms with E-state index in [1.807, 2.05) is 0 Å². The van der Waals surface area contributed by atoms with Gasteiger partial charge in [0.1, 0.15) is 12.0 Å². The number of carbonyl (C=O) groups excluding carboxylic acids is 2. The van der Waals surface area contributed by atoms with Crippen molar-refractivity contribution in [3.63, 3.8) is 0 Å². The van der Waals surface area contributed by atoms with Gasteiger partial charge in [0.15, 0.2) is 11.0 Å². The molecule has 3 aromatic rings. The maximum atomic E-state index is 15.7. The second-order valence-corrected chi connectivity index (χ2v) is 15.1. The average Bonchev–Trinajstić information content (AvgIpc) is 3.72. The fraction of sp³-hybridized carbons (Fsp3) is 0.559. The number of ether oxygens (including phenoxy) is 1. The Morgan fingerprint density at radius 3 is 2.60 bits per heavy atom. The first-order valence-electron chi connectivity index (χ1n) is 16.3. The van der Waals surface area contributed by atoms with Crippen molar-refractivity contribution < 1.29 is 23.1 Å². The number of hydrogen-bond acceptors (Lipinski definition) is 8. The lowest BCUT2D eigenvalue weighted by atomic mass is 9.54. The molecule has 1 aromatic carbocycles. The molecule has 2 spiro atoms. The average molecular weight is 686 g/mol. The molecule has 7 rings (SSSR count). The monoisotopic (exact) mass is 684 g/mol. The number of benzene rings is 1. The van der Waals surface area contributed by atoms with Gasteiger partial charge in [-0.1, -0.05) is 37.0 Å². The summed E-state index contributed by atoms with van der Waals surface area (Å²) in [6, 6.07) is 4.96. The molecule has 2 aliphatic heterocycles. The van der Waals surface area contributed by atoms with Gasteiger partial charge in [-0.15, -0.1) is 10.2 Å². The Morgan fingerprint density at radius 1 is 1.13 bits per heavy atom. The molecular weight excluding hydrogens is 646 g/mol. The standard InChI is InChI=1S/C34H39Cl2FN6O4/c1-32(2)9-11-33(12-10-32)34(23(16-39-33)20-8-13-38-28(36)27(20)37)22-14-21(24(35)15-25(22)41-31(34)45)29(44)40-19-6-4-18(5-7-19)30-43-42-26(47-30)17-46-3/h8,13-15,18-19,23,39H,4-7,9-12,16-17H2,1-3H3,(H,40,44)(H,41,45)/t18-,19-,23-,34-/m1/s1. The van der Waals surface area contributed by atoms with Crippen LogP contribution in [-0.2, 0) is 21.6 Å². The molecule has 250 valence electrons. The highest BCUT2D eigenvalue weighted by atomic mass is 35.5. The SMILES string of the molecule is COCc1nnc([C@H]2CC[C@H](NC(=O)c3cc4c(cc3Cl)NC(=O)[C@]43[C@@H](c4ccnc(Cl)c4F)CNC34CCC(C)(C)CC4)CC2)o1. The summed E-state index contributed by atoms with van der Waals surface area (Å²) in [6.07, 6.45) is 7.71. The maximum Gasteiger partial charge on any atom is 0.253 e. The molecule has 2 aromatic heterocycles. The van der Waals surface area contributed by atoms with Crippen molar-refractivity contribution in [2.24, 2.45) is 5.41 Å². The largest absolute Gasteiger partial charge is 0.422 e. The Hall–Kier alpha value is -3.12. The molecule has 2 aliphatic carbocycles. The van der Waals surface area contributed by atoms with Crippen LogP contribution in [0, 0.1) is 11.2 Å². The van der Waals surface area contributed by atoms with E-state index in [0.29, 0.717) is 48.0 Å². The van der Waals surface area contributed by atoms with E-state index in [2.05, 4.69) is 45.0 Å². The number of amides is 2. The molecule has 3 fully saturated rings. The van der Waals surface area contributed by atoms with E-state index in [0.717, 1.165) is 38.5 Å². The van der Waals surface area contributed by atoms with E-state index in [4.69, 9.17) is 32.4 Å². The van der Waals surface area contributed by atoms with Crippen LogP contribution in [0.4, 0.5) is 10.1 Å². The molecule has 10 nitrogen and oxygen atoms in total. The van der Waals surface area contributed by atoms with Crippen LogP contribution in [0.3, 0.4) is 0 Å². The highest BCUT2D eigenvalue weighted by Gasteiger charge is 2.69. The van der Waals surface area contributed by atoms with E-state index < -0.39 is 22.7 Å². The van der Waals surface area contributed by atoms with Gasteiger partial charge in [0.05, 0.1) is 10.6 Å². The first kappa shape index (κ1) is 32.4. The molecular formula is C34H39Cl2FN6O4. The molecule has 0 unspecified atom stereocenters. The quantitative estimate of drug-likeness (QED) is 0.253. The summed E-state index contributed by atoms with van der Waals surface area (Å²) in [5.74, 6) is -0.598. The fourth-order valence-corrected chi connectivity index (χ4v) is 9.01. The number of methoxy groups -OCH3 is 1. The van der Waals surface area contributed by atoms with Gasteiger partial charge in [0.25, 0.3) is 5.91 Å². The van der Waals surface area contributed by atoms with Crippen molar-refractivity contribution in [1.29, 1.82) is 0 Å². The normalized spacial score (nSPS) is 27.6. The lowest BCUT2D eigenvalue weighted by Crippen LogP contribution is -2.61. The molecule has 0 bridgehead atoms. The molecule has 2 atom stereocenters. The van der Waals surface area contributed by atoms with Gasteiger partial charge in [-0.05, 0) is 86.1 Å². The molecule has 13 heteroatoms. The van der Waals surface area contributed by atoms with E-state index in [1.54, 1.807) is 25.3 Å². The first-order chi connectivity index (χ1) is 22.5. The van der Waals surface area contributed by atoms with Gasteiger partial charge >= 0.3 is 0 Å². The van der Waals surface area contributed by atoms with Crippen LogP contribution in [0.1, 0.15) is 110 Å². The van der Waals surface area contributed by atoms with Crippen molar-refractivity contribution in [2.45, 2.75) is 101 Å². The van der Waals surface area contributed by atoms with Crippen LogP contribution in [0.15, 0.2) is 28.8 Å². The highest BCUT2D eigenvalue weighted by Crippen LogP contribution is 2.62. The van der Waals surface area contributed by atoms with Crippen LogP contribution in [-0.4, -0.2) is 52.2 Å². The molecule has 4 heterocycles. The maximum absolute atomic E-state index is 15.7. The van der Waals surface area contributed by atoms with Crippen molar-refractivity contribution in [2.75, 3.05) is 19.0 Å². The smallest absolute Gasteiger partial charge is 0.253 e. The second-order valence-electron chi connectivity index (χ2n) is 14.3. The lowest BCUT2D eigenvalue weighted by Gasteiger charge is -2.50. The zero-order valence-corrected chi connectivity index (χ0v) is 28.2. The summed E-state index contributed by atoms with van der Waals surface area (Å²) in [4.78, 5) is 32.3. The molecule has 2 saturated carbocycles. The molecule has 1 saturated heterocycles. The Labute approximate surface area is 282 Å². The molecule has 3 N–H and O–H groups in total. The van der Waals surface area contributed by atoms with Gasteiger partial charge in [0.2, 0.25) is 17.7 Å². The van der Waals surface area contributed by atoms with E-state index in [1.165, 1.54) is 6.20 Å². The molecule has 2 amide bonds. The Balaban J connectivity index is 1.21. The number of rotatable bonds is 6. The minimum atomic E-state index is -1.20. The topological polar surface area (TPSA) is 131 Å². The molecule has 4 aliphatic rings. The third-order valence-electron chi connectivity index (χ3n) is 11.2. The second kappa shape index (κ2) is 12.1. The number of nitrogens with zero attached hydrogens (tertiary/aromatic N) is 3. The van der Waals surface area contributed by atoms with Gasteiger partial charge in [-0.2, -0.15) is 0 Å². The number of pyridine rings is 1. The van der Waals surface area contributed by atoms with Gasteiger partial charge in [-0.25, -0.2) is 9.37 Å². The minimum absolute atomic E-state index is 0.0703. The lowest BCUT2D eigenvalue weighted by molar-refractivity contribution is -0.124. The summed E-state index contributed by atoms with van der Waals surface area (Å²) < 4.78 is 26.5. The Morgan fingerprint density at radius 2 is 1.87 bits per heavy atom. The van der Waals surface area contributed by atoms with Gasteiger partial charge in [-0.3, -0.25) is 9.59 Å². The van der Waals surface area contributed by atoms with Gasteiger partial charge < -0.3 is 25.1 Å². The third kappa shape index (κ3) is 5.34. The van der Waals surface area contributed by atoms with E-state index in [9.17, 15) is 9.59 Å². The Bertz CT molecular complexity index is 1710. The summed E-state index contributed by atoms with van der Waals surface area (Å²) in [6.45, 7) is 5.11. The van der Waals surface area contributed by atoms with Crippen LogP contribution in [0.5, 0.6) is 0 Å². The summed E-state index contributed by atoms with van der Waals surface area (Å²) in [7, 11) is 1.58. The zero-order chi connectivity index (χ0) is 33.1. The van der Waals surface area contributed by atoms with Crippen molar-refractivity contribution in [3.05, 3.63) is 68.9 Å². The van der Waals surface area contributed by atoms with E-state index >= 15 is 4.39 Å². The number of aromatic nitrogens is 3. The number of fused-ring (bicyclic) bond motifs is 3. The predicted octanol–water partition coefficient (Wildman–Crippen LogP) is 6.43. The minimum Gasteiger partial charge on any atom is -0.422 e. The zero-order valence-electron chi connectivity index (χ0n) is 26.7. The van der Waals surface area contributed by atoms with Crippen LogP contribution < -0.4 is 16.0 Å². The number of halogens is 3. The fourth-order valence-electron chi connectivity index (χ4n) is 8.59. The Kier molecular flexibility index (Phi) is 8.34. The van der Waals surface area contributed by atoms with Crippen LogP contribution in [0.25, 0.3) is 0 Å². The van der Waals surface area contributed by atoms with Gasteiger partial charge in [0, 0.05) is 49.0 Å². The first-order valence-corrected chi connectivity index (χ1v) is 17.1. The molecule has 47 heavy (non-hydrogen) atoms. The van der Waals surface area contributed by atoms with Crippen molar-refractivity contribution >= 4 is 40.7 Å². The summed E-state index contributed by atoms with van der Waals surface area (Å²) in [5, 5.41) is 18.2.